The lowest BCUT2D eigenvalue weighted by atomic mass is 9.91. The number of amides is 1. The second-order valence-electron chi connectivity index (χ2n) is 8.06. The molecule has 4 heterocycles. The first-order chi connectivity index (χ1) is 12.7. The molecule has 144 valence electrons. The zero-order chi connectivity index (χ0) is 17.9. The molecular weight excluding hydrogens is 330 g/mol. The molecule has 1 amide bonds. The normalized spacial score (nSPS) is 27.0. The Morgan fingerprint density at radius 3 is 2.58 bits per heavy atom. The van der Waals surface area contributed by atoms with Crippen LogP contribution in [0.3, 0.4) is 0 Å². The van der Waals surface area contributed by atoms with Crippen molar-refractivity contribution in [1.82, 2.24) is 25.0 Å². The third-order valence-corrected chi connectivity index (χ3v) is 6.30. The standard InChI is InChI=1S/C19H31N5O2/c1-14-20-18(22-21-14)15-4-9-23(10-5-15)19(25)16-3-2-8-24(13-16)17-6-11-26-12-7-17/h15-17H,2-13H2,1H3,(H,20,21,22). The van der Waals surface area contributed by atoms with Crippen LogP contribution in [0.4, 0.5) is 0 Å². The van der Waals surface area contributed by atoms with Gasteiger partial charge in [-0.15, -0.1) is 0 Å². The molecule has 1 atom stereocenters. The predicted molar refractivity (Wildman–Crippen MR) is 97.8 cm³/mol. The Balaban J connectivity index is 1.30. The molecule has 3 saturated heterocycles. The van der Waals surface area contributed by atoms with Gasteiger partial charge >= 0.3 is 0 Å². The minimum Gasteiger partial charge on any atom is -0.381 e. The summed E-state index contributed by atoms with van der Waals surface area (Å²) in [6.07, 6.45) is 6.35. The van der Waals surface area contributed by atoms with Crippen LogP contribution in [0.15, 0.2) is 0 Å². The summed E-state index contributed by atoms with van der Waals surface area (Å²) in [4.78, 5) is 22.2. The summed E-state index contributed by atoms with van der Waals surface area (Å²) in [6, 6.07) is 0.610. The summed E-state index contributed by atoms with van der Waals surface area (Å²) in [5.74, 6) is 2.71. The van der Waals surface area contributed by atoms with Crippen molar-refractivity contribution in [2.75, 3.05) is 39.4 Å². The van der Waals surface area contributed by atoms with Gasteiger partial charge in [-0.1, -0.05) is 0 Å². The fourth-order valence-corrected chi connectivity index (χ4v) is 4.75. The smallest absolute Gasteiger partial charge is 0.226 e. The number of carbonyl (C=O) groups excluding carboxylic acids is 1. The fourth-order valence-electron chi connectivity index (χ4n) is 4.75. The summed E-state index contributed by atoms with van der Waals surface area (Å²) < 4.78 is 5.49. The number of carbonyl (C=O) groups is 1. The van der Waals surface area contributed by atoms with Gasteiger partial charge in [0.05, 0.1) is 5.92 Å². The lowest BCUT2D eigenvalue weighted by Gasteiger charge is -2.41. The summed E-state index contributed by atoms with van der Waals surface area (Å²) >= 11 is 0. The average Bonchev–Trinajstić information content (AvgIpc) is 3.15. The van der Waals surface area contributed by atoms with Gasteiger partial charge in [-0.3, -0.25) is 14.8 Å². The molecule has 26 heavy (non-hydrogen) atoms. The molecule has 1 aromatic heterocycles. The predicted octanol–water partition coefficient (Wildman–Crippen LogP) is 1.71. The summed E-state index contributed by atoms with van der Waals surface area (Å²) in [6.45, 7) is 7.42. The van der Waals surface area contributed by atoms with Gasteiger partial charge in [0.2, 0.25) is 5.91 Å². The van der Waals surface area contributed by atoms with Gasteiger partial charge in [-0.2, -0.15) is 5.10 Å². The van der Waals surface area contributed by atoms with Crippen LogP contribution in [0.5, 0.6) is 0 Å². The first kappa shape index (κ1) is 17.9. The van der Waals surface area contributed by atoms with Gasteiger partial charge in [0.15, 0.2) is 5.82 Å². The fraction of sp³-hybridized carbons (Fsp3) is 0.842. The van der Waals surface area contributed by atoms with E-state index in [0.29, 0.717) is 17.9 Å². The Kier molecular flexibility index (Phi) is 5.55. The van der Waals surface area contributed by atoms with Gasteiger partial charge in [-0.25, -0.2) is 4.98 Å². The minimum absolute atomic E-state index is 0.175. The van der Waals surface area contributed by atoms with E-state index < -0.39 is 0 Å². The molecule has 1 N–H and O–H groups in total. The topological polar surface area (TPSA) is 74.3 Å². The Morgan fingerprint density at radius 2 is 1.88 bits per heavy atom. The van der Waals surface area contributed by atoms with Gasteiger partial charge in [0.1, 0.15) is 5.82 Å². The zero-order valence-corrected chi connectivity index (χ0v) is 15.8. The van der Waals surface area contributed by atoms with E-state index >= 15 is 0 Å². The van der Waals surface area contributed by atoms with Crippen LogP contribution >= 0.6 is 0 Å². The Bertz CT molecular complexity index is 605. The van der Waals surface area contributed by atoms with Crippen LogP contribution < -0.4 is 0 Å². The maximum atomic E-state index is 13.1. The second-order valence-corrected chi connectivity index (χ2v) is 8.06. The van der Waals surface area contributed by atoms with Gasteiger partial charge < -0.3 is 9.64 Å². The summed E-state index contributed by atoms with van der Waals surface area (Å²) in [5, 5.41) is 7.24. The van der Waals surface area contributed by atoms with E-state index in [1.165, 1.54) is 0 Å². The van der Waals surface area contributed by atoms with Crippen LogP contribution in [0.1, 0.15) is 56.1 Å². The largest absolute Gasteiger partial charge is 0.381 e. The molecule has 3 fully saturated rings. The van der Waals surface area contributed by atoms with Crippen molar-refractivity contribution in [2.24, 2.45) is 5.92 Å². The van der Waals surface area contributed by atoms with Crippen LogP contribution in [0.25, 0.3) is 0 Å². The highest BCUT2D eigenvalue weighted by molar-refractivity contribution is 5.79. The van der Waals surface area contributed by atoms with E-state index in [2.05, 4.69) is 25.0 Å². The average molecular weight is 361 g/mol. The number of nitrogens with one attached hydrogen (secondary N) is 1. The van der Waals surface area contributed by atoms with Crippen molar-refractivity contribution in [3.05, 3.63) is 11.6 Å². The van der Waals surface area contributed by atoms with Crippen LogP contribution in [0.2, 0.25) is 0 Å². The lowest BCUT2D eigenvalue weighted by molar-refractivity contribution is -0.139. The number of piperidine rings is 2. The number of hydrogen-bond acceptors (Lipinski definition) is 5. The molecule has 3 aliphatic heterocycles. The number of ether oxygens (including phenoxy) is 1. The summed E-state index contributed by atoms with van der Waals surface area (Å²) in [7, 11) is 0. The molecule has 0 spiro atoms. The quantitative estimate of drug-likeness (QED) is 0.887. The molecule has 0 saturated carbocycles. The van der Waals surface area contributed by atoms with Crippen molar-refractivity contribution in [3.8, 4) is 0 Å². The molecule has 4 rings (SSSR count). The molecule has 0 aromatic carbocycles. The van der Waals surface area contributed by atoms with E-state index in [-0.39, 0.29) is 5.92 Å². The number of likely N-dealkylation sites (tertiary alicyclic amines) is 2. The van der Waals surface area contributed by atoms with Gasteiger partial charge in [-0.05, 0) is 52.0 Å². The Hall–Kier alpha value is -1.47. The lowest BCUT2D eigenvalue weighted by Crippen LogP contribution is -2.50. The van der Waals surface area contributed by atoms with Crippen molar-refractivity contribution < 1.29 is 9.53 Å². The van der Waals surface area contributed by atoms with E-state index in [0.717, 1.165) is 89.6 Å². The molecule has 7 nitrogen and oxygen atoms in total. The number of aromatic nitrogens is 3. The Labute approximate surface area is 155 Å². The monoisotopic (exact) mass is 361 g/mol. The Morgan fingerprint density at radius 1 is 1.12 bits per heavy atom. The van der Waals surface area contributed by atoms with E-state index in [9.17, 15) is 4.79 Å². The van der Waals surface area contributed by atoms with Crippen molar-refractivity contribution in [2.45, 2.75) is 57.4 Å². The van der Waals surface area contributed by atoms with Gasteiger partial charge in [0, 0.05) is 44.8 Å². The van der Waals surface area contributed by atoms with Gasteiger partial charge in [0.25, 0.3) is 0 Å². The maximum absolute atomic E-state index is 13.1. The molecule has 0 bridgehead atoms. The van der Waals surface area contributed by atoms with Crippen LogP contribution in [-0.4, -0.2) is 76.3 Å². The molecule has 1 unspecified atom stereocenters. The van der Waals surface area contributed by atoms with Crippen LogP contribution in [-0.2, 0) is 9.53 Å². The van der Waals surface area contributed by atoms with Crippen molar-refractivity contribution in [3.63, 3.8) is 0 Å². The molecule has 0 aliphatic carbocycles. The third-order valence-electron chi connectivity index (χ3n) is 6.30. The molecule has 7 heteroatoms. The number of hydrogen-bond donors (Lipinski definition) is 1. The number of H-pyrrole nitrogens is 1. The third kappa shape index (κ3) is 3.93. The second kappa shape index (κ2) is 8.05. The molecule has 1 aromatic rings. The highest BCUT2D eigenvalue weighted by Crippen LogP contribution is 2.29. The number of rotatable bonds is 3. The maximum Gasteiger partial charge on any atom is 0.226 e. The van der Waals surface area contributed by atoms with E-state index in [4.69, 9.17) is 4.74 Å². The first-order valence-corrected chi connectivity index (χ1v) is 10.2. The van der Waals surface area contributed by atoms with E-state index in [1.54, 1.807) is 0 Å². The number of aromatic amines is 1. The first-order valence-electron chi connectivity index (χ1n) is 10.2. The minimum atomic E-state index is 0.175. The van der Waals surface area contributed by atoms with E-state index in [1.807, 2.05) is 6.92 Å². The highest BCUT2D eigenvalue weighted by atomic mass is 16.5. The van der Waals surface area contributed by atoms with Crippen molar-refractivity contribution in [1.29, 1.82) is 0 Å². The SMILES string of the molecule is Cc1nc(C2CCN(C(=O)C3CCCN(C4CCOCC4)C3)CC2)n[nH]1. The highest BCUT2D eigenvalue weighted by Gasteiger charge is 2.34. The number of nitrogens with zero attached hydrogens (tertiary/aromatic N) is 4. The molecule has 3 aliphatic rings. The zero-order valence-electron chi connectivity index (χ0n) is 15.8. The number of aryl methyl sites for hydroxylation is 1. The summed E-state index contributed by atoms with van der Waals surface area (Å²) in [5.41, 5.74) is 0. The molecular formula is C19H31N5O2. The molecule has 0 radical (unpaired) electrons. The van der Waals surface area contributed by atoms with Crippen molar-refractivity contribution >= 4 is 5.91 Å². The van der Waals surface area contributed by atoms with Crippen LogP contribution in [0, 0.1) is 12.8 Å².